The minimum Gasteiger partial charge on any atom is -0.354 e. The van der Waals surface area contributed by atoms with E-state index in [-0.39, 0.29) is 11.9 Å². The molecule has 1 saturated carbocycles. The fourth-order valence-electron chi connectivity index (χ4n) is 2.72. The Balaban J connectivity index is 2.58. The molecule has 3 unspecified atom stereocenters. The van der Waals surface area contributed by atoms with Crippen LogP contribution in [-0.2, 0) is 14.3 Å². The summed E-state index contributed by atoms with van der Waals surface area (Å²) in [5, 5.41) is 2.90. The molecule has 0 radical (unpaired) electrons. The molecule has 18 heavy (non-hydrogen) atoms. The van der Waals surface area contributed by atoms with Crippen molar-refractivity contribution >= 4 is 5.91 Å². The Morgan fingerprint density at radius 2 is 2.06 bits per heavy atom. The number of carbonyl (C=O) groups is 1. The van der Waals surface area contributed by atoms with Crippen LogP contribution in [0.3, 0.4) is 0 Å². The highest BCUT2D eigenvalue weighted by Crippen LogP contribution is 2.30. The molecule has 0 aromatic carbocycles. The van der Waals surface area contributed by atoms with Crippen molar-refractivity contribution in [3.8, 4) is 0 Å². The van der Waals surface area contributed by atoms with E-state index in [1.54, 1.807) is 14.2 Å². The molecule has 3 atom stereocenters. The van der Waals surface area contributed by atoms with Crippen LogP contribution in [0.5, 0.6) is 0 Å². The number of nitrogens with two attached hydrogens (primary N) is 1. The highest BCUT2D eigenvalue weighted by molar-refractivity contribution is 5.86. The van der Waals surface area contributed by atoms with Gasteiger partial charge in [-0.25, -0.2) is 0 Å². The fourth-order valence-corrected chi connectivity index (χ4v) is 2.72. The van der Waals surface area contributed by atoms with E-state index in [0.29, 0.717) is 5.92 Å². The molecule has 3 N–H and O–H groups in total. The molecule has 0 heterocycles. The predicted molar refractivity (Wildman–Crippen MR) is 70.0 cm³/mol. The average molecular weight is 258 g/mol. The summed E-state index contributed by atoms with van der Waals surface area (Å²) in [6.45, 7) is 4.00. The van der Waals surface area contributed by atoms with Crippen molar-refractivity contribution < 1.29 is 14.3 Å². The molecule has 1 rings (SSSR count). The molecule has 0 saturated heterocycles. The van der Waals surface area contributed by atoms with Crippen LogP contribution >= 0.6 is 0 Å². The van der Waals surface area contributed by atoms with Gasteiger partial charge in [0.05, 0.1) is 11.6 Å². The second kappa shape index (κ2) is 6.50. The summed E-state index contributed by atoms with van der Waals surface area (Å²) < 4.78 is 10.3. The van der Waals surface area contributed by atoms with E-state index in [4.69, 9.17) is 15.2 Å². The zero-order valence-electron chi connectivity index (χ0n) is 11.9. The van der Waals surface area contributed by atoms with Crippen LogP contribution in [0.15, 0.2) is 0 Å². The summed E-state index contributed by atoms with van der Waals surface area (Å²) in [5.41, 5.74) is 5.49. The monoisotopic (exact) mass is 258 g/mol. The molecule has 0 aromatic rings. The lowest BCUT2D eigenvalue weighted by Gasteiger charge is -2.36. The van der Waals surface area contributed by atoms with Gasteiger partial charge in [-0.1, -0.05) is 19.8 Å². The summed E-state index contributed by atoms with van der Waals surface area (Å²) in [4.78, 5) is 12.3. The number of methoxy groups -OCH3 is 2. The first kappa shape index (κ1) is 15.4. The largest absolute Gasteiger partial charge is 0.354 e. The standard InChI is InChI=1S/C13H26N2O3/c1-9-6-5-7-13(14,8-9)12(16)15-10(2)11(17-3)18-4/h9-11H,5-8,14H2,1-4H3,(H,15,16). The van der Waals surface area contributed by atoms with E-state index in [0.717, 1.165) is 25.7 Å². The quantitative estimate of drug-likeness (QED) is 0.722. The van der Waals surface area contributed by atoms with Crippen molar-refractivity contribution in [3.05, 3.63) is 0 Å². The predicted octanol–water partition coefficient (Wildman–Crippen LogP) is 1.02. The number of nitrogens with one attached hydrogen (secondary N) is 1. The normalized spacial score (nSPS) is 30.2. The summed E-state index contributed by atoms with van der Waals surface area (Å²) in [6.07, 6.45) is 3.22. The van der Waals surface area contributed by atoms with Crippen LogP contribution in [0.25, 0.3) is 0 Å². The number of hydrogen-bond acceptors (Lipinski definition) is 4. The second-order valence-electron chi connectivity index (χ2n) is 5.46. The third-order valence-electron chi connectivity index (χ3n) is 3.72. The molecule has 1 aliphatic carbocycles. The van der Waals surface area contributed by atoms with Crippen molar-refractivity contribution in [2.45, 2.75) is 57.4 Å². The summed E-state index contributed by atoms with van der Waals surface area (Å²) >= 11 is 0. The molecule has 0 bridgehead atoms. The van der Waals surface area contributed by atoms with Crippen LogP contribution in [0.4, 0.5) is 0 Å². The molecule has 5 heteroatoms. The lowest BCUT2D eigenvalue weighted by atomic mass is 9.76. The smallest absolute Gasteiger partial charge is 0.240 e. The van der Waals surface area contributed by atoms with Gasteiger partial charge in [0.1, 0.15) is 0 Å². The molecule has 1 amide bonds. The van der Waals surface area contributed by atoms with Crippen molar-refractivity contribution in [1.29, 1.82) is 0 Å². The Morgan fingerprint density at radius 1 is 1.44 bits per heavy atom. The maximum absolute atomic E-state index is 12.3. The van der Waals surface area contributed by atoms with E-state index in [1.165, 1.54) is 0 Å². The topological polar surface area (TPSA) is 73.6 Å². The lowest BCUT2D eigenvalue weighted by Crippen LogP contribution is -2.59. The van der Waals surface area contributed by atoms with Gasteiger partial charge in [-0.15, -0.1) is 0 Å². The van der Waals surface area contributed by atoms with Gasteiger partial charge >= 0.3 is 0 Å². The SMILES string of the molecule is COC(OC)C(C)NC(=O)C1(N)CCCC(C)C1. The number of amides is 1. The first-order valence-electron chi connectivity index (χ1n) is 6.58. The molecule has 0 spiro atoms. The summed E-state index contributed by atoms with van der Waals surface area (Å²) in [5.74, 6) is 0.408. The van der Waals surface area contributed by atoms with Gasteiger partial charge in [0, 0.05) is 14.2 Å². The first-order valence-corrected chi connectivity index (χ1v) is 6.58. The Morgan fingerprint density at radius 3 is 2.56 bits per heavy atom. The van der Waals surface area contributed by atoms with Crippen LogP contribution in [0.2, 0.25) is 0 Å². The third kappa shape index (κ3) is 3.67. The Kier molecular flexibility index (Phi) is 5.56. The summed E-state index contributed by atoms with van der Waals surface area (Å²) in [7, 11) is 3.11. The Hall–Kier alpha value is -0.650. The molecule has 106 valence electrons. The molecule has 1 fully saturated rings. The number of rotatable bonds is 5. The van der Waals surface area contributed by atoms with E-state index in [9.17, 15) is 4.79 Å². The van der Waals surface area contributed by atoms with Gasteiger partial charge in [-0.2, -0.15) is 0 Å². The van der Waals surface area contributed by atoms with Crippen molar-refractivity contribution in [2.24, 2.45) is 11.7 Å². The fraction of sp³-hybridized carbons (Fsp3) is 0.923. The maximum atomic E-state index is 12.3. The second-order valence-corrected chi connectivity index (χ2v) is 5.46. The highest BCUT2D eigenvalue weighted by atomic mass is 16.7. The number of hydrogen-bond donors (Lipinski definition) is 2. The Bertz CT molecular complexity index is 281. The van der Waals surface area contributed by atoms with E-state index >= 15 is 0 Å². The minimum atomic E-state index is -0.738. The first-order chi connectivity index (χ1) is 8.42. The molecule has 5 nitrogen and oxygen atoms in total. The van der Waals surface area contributed by atoms with Crippen molar-refractivity contribution in [2.75, 3.05) is 14.2 Å². The van der Waals surface area contributed by atoms with Gasteiger partial charge in [-0.3, -0.25) is 4.79 Å². The highest BCUT2D eigenvalue weighted by Gasteiger charge is 2.39. The molecular formula is C13H26N2O3. The summed E-state index contributed by atoms with van der Waals surface area (Å²) in [6, 6.07) is -0.217. The zero-order chi connectivity index (χ0) is 13.8. The van der Waals surface area contributed by atoms with Crippen molar-refractivity contribution in [3.63, 3.8) is 0 Å². The molecular weight excluding hydrogens is 232 g/mol. The number of ether oxygens (including phenoxy) is 2. The van der Waals surface area contributed by atoms with Crippen LogP contribution in [0.1, 0.15) is 39.5 Å². The van der Waals surface area contributed by atoms with Crippen LogP contribution in [-0.4, -0.2) is 38.0 Å². The van der Waals surface area contributed by atoms with Crippen LogP contribution in [0, 0.1) is 5.92 Å². The van der Waals surface area contributed by atoms with Gasteiger partial charge in [0.25, 0.3) is 0 Å². The van der Waals surface area contributed by atoms with E-state index < -0.39 is 11.8 Å². The van der Waals surface area contributed by atoms with E-state index in [1.807, 2.05) is 6.92 Å². The molecule has 0 aliphatic heterocycles. The zero-order valence-corrected chi connectivity index (χ0v) is 11.9. The maximum Gasteiger partial charge on any atom is 0.240 e. The van der Waals surface area contributed by atoms with Gasteiger partial charge in [0.2, 0.25) is 5.91 Å². The van der Waals surface area contributed by atoms with Gasteiger partial charge in [-0.05, 0) is 25.7 Å². The van der Waals surface area contributed by atoms with Crippen LogP contribution < -0.4 is 11.1 Å². The lowest BCUT2D eigenvalue weighted by molar-refractivity contribution is -0.140. The number of carbonyl (C=O) groups excluding carboxylic acids is 1. The van der Waals surface area contributed by atoms with Gasteiger partial charge in [0.15, 0.2) is 6.29 Å². The third-order valence-corrected chi connectivity index (χ3v) is 3.72. The van der Waals surface area contributed by atoms with E-state index in [2.05, 4.69) is 12.2 Å². The molecule has 1 aliphatic rings. The Labute approximate surface area is 109 Å². The molecule has 0 aromatic heterocycles. The average Bonchev–Trinajstić information content (AvgIpc) is 2.30. The minimum absolute atomic E-state index is 0.0966. The van der Waals surface area contributed by atoms with Crippen molar-refractivity contribution in [1.82, 2.24) is 5.32 Å². The van der Waals surface area contributed by atoms with Gasteiger partial charge < -0.3 is 20.5 Å².